The zero-order chi connectivity index (χ0) is 26.9. The molecule has 3 rings (SSSR count). The summed E-state index contributed by atoms with van der Waals surface area (Å²) in [5, 5.41) is 0. The predicted octanol–water partition coefficient (Wildman–Crippen LogP) is 9.80. The van der Waals surface area contributed by atoms with E-state index in [1.54, 1.807) is 6.08 Å². The fourth-order valence-corrected chi connectivity index (χ4v) is 4.57. The largest absolute Gasteiger partial charge is 0.355 e. The Morgan fingerprint density at radius 1 is 1.11 bits per heavy atom. The summed E-state index contributed by atoms with van der Waals surface area (Å²) >= 11 is 0. The maximum absolute atomic E-state index is 14.2. The number of carbonyl (C=O) groups is 1. The number of fused-ring (bicyclic) bond motifs is 1. The Labute approximate surface area is 222 Å². The van der Waals surface area contributed by atoms with Gasteiger partial charge in [0.05, 0.1) is 0 Å². The van der Waals surface area contributed by atoms with Gasteiger partial charge in [-0.2, -0.15) is 0 Å². The topological polar surface area (TPSA) is 32.9 Å². The summed E-state index contributed by atoms with van der Waals surface area (Å²) in [4.78, 5) is 16.6. The zero-order valence-electron chi connectivity index (χ0n) is 22.8. The third-order valence-electron chi connectivity index (χ3n) is 7.25. The highest BCUT2D eigenvalue weighted by molar-refractivity contribution is 5.96. The van der Waals surface area contributed by atoms with Gasteiger partial charge in [-0.15, -0.1) is 6.58 Å². The molecule has 1 atom stereocenters. The van der Waals surface area contributed by atoms with Crippen LogP contribution in [0.5, 0.6) is 0 Å². The molecule has 1 unspecified atom stereocenters. The van der Waals surface area contributed by atoms with E-state index in [0.717, 1.165) is 76.9 Å². The Balaban J connectivity index is 1.75. The van der Waals surface area contributed by atoms with Crippen molar-refractivity contribution in [3.63, 3.8) is 0 Å². The van der Waals surface area contributed by atoms with Crippen LogP contribution >= 0.6 is 0 Å². The van der Waals surface area contributed by atoms with Crippen LogP contribution < -0.4 is 0 Å². The summed E-state index contributed by atoms with van der Waals surface area (Å²) in [5.41, 5.74) is 9.11. The number of hydrogen-bond acceptors (Lipinski definition) is 1. The number of rotatable bonds is 11. The molecule has 2 nitrogen and oxygen atoms in total. The number of Topliss-reactive ketones (excluding diaryl/α,β-unsaturated/α-hetero) is 1. The maximum atomic E-state index is 14.2. The minimum Gasteiger partial charge on any atom is -0.355 e. The number of H-pyrrole nitrogens is 1. The summed E-state index contributed by atoms with van der Waals surface area (Å²) in [6, 6.07) is 2.12. The Morgan fingerprint density at radius 3 is 2.59 bits per heavy atom. The second-order valence-electron chi connectivity index (χ2n) is 10.1. The van der Waals surface area contributed by atoms with E-state index in [1.807, 2.05) is 52.0 Å². The number of unbranched alkanes of at least 4 members (excludes halogenated alkanes) is 1. The van der Waals surface area contributed by atoms with Crippen LogP contribution in [0.2, 0.25) is 0 Å². The van der Waals surface area contributed by atoms with Gasteiger partial charge >= 0.3 is 0 Å². The van der Waals surface area contributed by atoms with Crippen LogP contribution in [-0.2, 0) is 4.79 Å². The van der Waals surface area contributed by atoms with Crippen LogP contribution in [0.25, 0.3) is 17.7 Å². The lowest BCUT2D eigenvalue weighted by Crippen LogP contribution is -2.06. The Bertz CT molecular complexity index is 1270. The Morgan fingerprint density at radius 2 is 1.86 bits per heavy atom. The summed E-state index contributed by atoms with van der Waals surface area (Å²) in [7, 11) is 0. The number of hydrogen-bond donors (Lipinski definition) is 1. The van der Waals surface area contributed by atoms with Gasteiger partial charge in [0, 0.05) is 29.3 Å². The number of aromatic nitrogens is 1. The molecular weight excluding hydrogens is 457 g/mol. The molecule has 3 heteroatoms. The molecule has 0 amide bonds. The molecule has 0 aromatic carbocycles. The van der Waals surface area contributed by atoms with E-state index in [9.17, 15) is 9.18 Å². The van der Waals surface area contributed by atoms with E-state index < -0.39 is 0 Å². The van der Waals surface area contributed by atoms with E-state index in [4.69, 9.17) is 0 Å². The van der Waals surface area contributed by atoms with E-state index in [0.29, 0.717) is 6.42 Å². The highest BCUT2D eigenvalue weighted by Crippen LogP contribution is 2.31. The van der Waals surface area contributed by atoms with E-state index in [2.05, 4.69) is 48.5 Å². The van der Waals surface area contributed by atoms with Crippen molar-refractivity contribution in [1.82, 2.24) is 4.98 Å². The van der Waals surface area contributed by atoms with Crippen molar-refractivity contribution in [1.29, 1.82) is 0 Å². The summed E-state index contributed by atoms with van der Waals surface area (Å²) in [5.74, 6) is -0.104. The first kappa shape index (κ1) is 28.1. The minimum absolute atomic E-state index is 0.119. The summed E-state index contributed by atoms with van der Waals surface area (Å²) in [6.07, 6.45) is 22.5. The molecule has 37 heavy (non-hydrogen) atoms. The molecule has 0 spiro atoms. The number of nitrogens with one attached hydrogen (secondary N) is 1. The molecule has 194 valence electrons. The maximum Gasteiger partial charge on any atom is 0.159 e. The number of carbonyl (C=O) groups excluding carboxylic acids is 1. The minimum atomic E-state index is -0.209. The van der Waals surface area contributed by atoms with Gasteiger partial charge in [-0.3, -0.25) is 4.79 Å². The van der Waals surface area contributed by atoms with E-state index in [-0.39, 0.29) is 17.5 Å². The smallest absolute Gasteiger partial charge is 0.159 e. The summed E-state index contributed by atoms with van der Waals surface area (Å²) < 4.78 is 14.2. The molecule has 0 bridgehead atoms. The van der Waals surface area contributed by atoms with Crippen LogP contribution in [0.1, 0.15) is 83.2 Å². The molecule has 0 saturated heterocycles. The van der Waals surface area contributed by atoms with Gasteiger partial charge in [0.2, 0.25) is 0 Å². The molecule has 1 aromatic rings. The first-order valence-corrected chi connectivity index (χ1v) is 13.2. The molecule has 1 heterocycles. The van der Waals surface area contributed by atoms with Crippen molar-refractivity contribution in [2.24, 2.45) is 5.92 Å². The molecule has 2 aliphatic carbocycles. The zero-order valence-corrected chi connectivity index (χ0v) is 22.8. The predicted molar refractivity (Wildman–Crippen MR) is 157 cm³/mol. The van der Waals surface area contributed by atoms with Crippen molar-refractivity contribution in [2.75, 3.05) is 0 Å². The molecule has 2 aliphatic rings. The van der Waals surface area contributed by atoms with Crippen molar-refractivity contribution in [3.8, 4) is 0 Å². The van der Waals surface area contributed by atoms with E-state index in [1.165, 1.54) is 5.57 Å². The van der Waals surface area contributed by atoms with Gasteiger partial charge in [-0.1, -0.05) is 61.1 Å². The number of aromatic amines is 1. The van der Waals surface area contributed by atoms with Crippen LogP contribution in [0, 0.1) is 5.92 Å². The Kier molecular flexibility index (Phi) is 10.0. The Hall–Kier alpha value is -3.46. The lowest BCUT2D eigenvalue weighted by atomic mass is 9.92. The van der Waals surface area contributed by atoms with Gasteiger partial charge in [0.1, 0.15) is 5.83 Å². The van der Waals surface area contributed by atoms with Gasteiger partial charge in [0.15, 0.2) is 5.78 Å². The van der Waals surface area contributed by atoms with Gasteiger partial charge in [-0.25, -0.2) is 4.39 Å². The van der Waals surface area contributed by atoms with Gasteiger partial charge < -0.3 is 4.98 Å². The lowest BCUT2D eigenvalue weighted by molar-refractivity contribution is -0.115. The monoisotopic (exact) mass is 497 g/mol. The van der Waals surface area contributed by atoms with Crippen molar-refractivity contribution in [3.05, 3.63) is 112 Å². The second kappa shape index (κ2) is 13.2. The highest BCUT2D eigenvalue weighted by Gasteiger charge is 2.16. The number of halogens is 1. The number of ketones is 1. The molecule has 1 aromatic heterocycles. The molecule has 0 fully saturated rings. The third kappa shape index (κ3) is 7.52. The van der Waals surface area contributed by atoms with Gasteiger partial charge in [0.25, 0.3) is 0 Å². The third-order valence-corrected chi connectivity index (χ3v) is 7.25. The van der Waals surface area contributed by atoms with Crippen molar-refractivity contribution >= 4 is 23.5 Å². The van der Waals surface area contributed by atoms with Crippen molar-refractivity contribution < 1.29 is 9.18 Å². The van der Waals surface area contributed by atoms with E-state index >= 15 is 0 Å². The van der Waals surface area contributed by atoms with Crippen LogP contribution in [0.3, 0.4) is 0 Å². The lowest BCUT2D eigenvalue weighted by Gasteiger charge is -2.12. The highest BCUT2D eigenvalue weighted by atomic mass is 19.1. The normalized spacial score (nSPS) is 17.8. The molecule has 0 radical (unpaired) electrons. The SMILES string of the molecule is C=CCCCC(C(=O)CCCC1=Cc2cc(C3=CC=C(F)C(C)C(C)=C3)[nH]c2C=CC=C1)=C(C)C(=C)C. The standard InChI is InChI=1S/C34H40FNO/c1-7-8-9-15-30(25(5)23(2)3)34(37)17-12-14-27-13-10-11-16-32-29(21-27)22-33(36-32)28-18-19-31(35)26(6)24(4)20-28/h7,10-11,13,16,18-22,26,36H,1-2,8-9,12,14-15,17H2,3-6H3. The average molecular weight is 498 g/mol. The number of allylic oxidation sites excluding steroid dienone is 14. The average Bonchev–Trinajstić information content (AvgIpc) is 3.19. The molecule has 0 saturated carbocycles. The molecule has 1 N–H and O–H groups in total. The summed E-state index contributed by atoms with van der Waals surface area (Å²) in [6.45, 7) is 15.7. The fourth-order valence-electron chi connectivity index (χ4n) is 4.57. The van der Waals surface area contributed by atoms with Crippen LogP contribution in [0.15, 0.2) is 95.4 Å². The fraction of sp³-hybridized carbons (Fsp3) is 0.324. The second-order valence-corrected chi connectivity index (χ2v) is 10.1. The van der Waals surface area contributed by atoms with Crippen LogP contribution in [-0.4, -0.2) is 10.8 Å². The first-order valence-electron chi connectivity index (χ1n) is 13.2. The first-order chi connectivity index (χ1) is 17.7. The molecule has 0 aliphatic heterocycles. The van der Waals surface area contributed by atoms with Crippen molar-refractivity contribution in [2.45, 2.75) is 66.2 Å². The molecular formula is C34H40FNO. The van der Waals surface area contributed by atoms with Gasteiger partial charge in [-0.05, 0) is 99.5 Å². The quantitative estimate of drug-likeness (QED) is 0.140. The van der Waals surface area contributed by atoms with Crippen LogP contribution in [0.4, 0.5) is 4.39 Å².